The molecule has 2 aromatic carbocycles. The smallest absolute Gasteiger partial charge is 0.269 e. The van der Waals surface area contributed by atoms with E-state index in [9.17, 15) is 15.4 Å². The molecule has 29 heavy (non-hydrogen) atoms. The average molecular weight is 386 g/mol. The SMILES string of the molecule is CN(C)c1ccc(N=Nc2ccc(/C=C(\C#N)c3ccc([N+](=O)[O-])cc3)[nH]2)cc1. The van der Waals surface area contributed by atoms with E-state index in [1.807, 2.05) is 43.3 Å². The summed E-state index contributed by atoms with van der Waals surface area (Å²) in [5, 5.41) is 28.6. The van der Waals surface area contributed by atoms with E-state index in [1.54, 1.807) is 30.3 Å². The monoisotopic (exact) mass is 386 g/mol. The number of aromatic amines is 1. The Hall–Kier alpha value is -4.25. The molecule has 0 aliphatic carbocycles. The van der Waals surface area contributed by atoms with Crippen LogP contribution in [0, 0.1) is 21.4 Å². The zero-order valence-corrected chi connectivity index (χ0v) is 15.9. The number of nitrogens with zero attached hydrogens (tertiary/aromatic N) is 5. The van der Waals surface area contributed by atoms with Crippen LogP contribution in [0.2, 0.25) is 0 Å². The lowest BCUT2D eigenvalue weighted by Crippen LogP contribution is -2.07. The van der Waals surface area contributed by atoms with Gasteiger partial charge < -0.3 is 9.88 Å². The molecule has 0 unspecified atom stereocenters. The summed E-state index contributed by atoms with van der Waals surface area (Å²) in [5.41, 5.74) is 3.43. The maximum atomic E-state index is 10.8. The Morgan fingerprint density at radius 3 is 2.34 bits per heavy atom. The second kappa shape index (κ2) is 8.63. The molecular formula is C21H18N6O2. The topological polar surface area (TPSA) is 111 Å². The Bertz CT molecular complexity index is 1100. The number of nitro benzene ring substituents is 1. The third-order valence-corrected chi connectivity index (χ3v) is 4.14. The highest BCUT2D eigenvalue weighted by atomic mass is 16.6. The molecular weight excluding hydrogens is 368 g/mol. The number of H-pyrrole nitrogens is 1. The summed E-state index contributed by atoms with van der Waals surface area (Å²) in [4.78, 5) is 15.4. The van der Waals surface area contributed by atoms with Crippen LogP contribution in [0.1, 0.15) is 11.3 Å². The van der Waals surface area contributed by atoms with Gasteiger partial charge >= 0.3 is 0 Å². The van der Waals surface area contributed by atoms with Crippen LogP contribution in [-0.4, -0.2) is 24.0 Å². The number of benzene rings is 2. The standard InChI is InChI=1S/C21H18N6O2/c1-26(2)19-10-5-17(6-11-19)24-25-21-12-7-18(23-21)13-16(14-22)15-3-8-20(9-4-15)27(28)29/h3-13,23H,1-2H3/b16-13+,25-24?. The van der Waals surface area contributed by atoms with Crippen LogP contribution in [0.3, 0.4) is 0 Å². The van der Waals surface area contributed by atoms with Crippen molar-refractivity contribution in [1.82, 2.24) is 4.98 Å². The maximum absolute atomic E-state index is 10.8. The number of allylic oxidation sites excluding steroid dienone is 1. The number of azo groups is 1. The zero-order chi connectivity index (χ0) is 20.8. The van der Waals surface area contributed by atoms with Crippen LogP contribution >= 0.6 is 0 Å². The molecule has 0 spiro atoms. The van der Waals surface area contributed by atoms with Crippen molar-refractivity contribution in [3.05, 3.63) is 82.0 Å². The first-order valence-corrected chi connectivity index (χ1v) is 8.71. The minimum absolute atomic E-state index is 0.0211. The number of nitrogens with one attached hydrogen (secondary N) is 1. The Balaban J connectivity index is 1.75. The first-order valence-electron chi connectivity index (χ1n) is 8.71. The van der Waals surface area contributed by atoms with Gasteiger partial charge in [0.25, 0.3) is 5.69 Å². The molecule has 3 rings (SSSR count). The molecule has 8 nitrogen and oxygen atoms in total. The Morgan fingerprint density at radius 2 is 1.76 bits per heavy atom. The molecule has 8 heteroatoms. The molecule has 0 atom stereocenters. The normalized spacial score (nSPS) is 11.4. The lowest BCUT2D eigenvalue weighted by Gasteiger charge is -2.11. The summed E-state index contributed by atoms with van der Waals surface area (Å²) in [6, 6.07) is 19.2. The molecule has 0 aliphatic heterocycles. The largest absolute Gasteiger partial charge is 0.378 e. The highest BCUT2D eigenvalue weighted by Gasteiger charge is 2.07. The molecule has 144 valence electrons. The van der Waals surface area contributed by atoms with Crippen molar-refractivity contribution in [3.8, 4) is 6.07 Å². The first kappa shape index (κ1) is 19.5. The lowest BCUT2D eigenvalue weighted by molar-refractivity contribution is -0.384. The van der Waals surface area contributed by atoms with Crippen molar-refractivity contribution in [1.29, 1.82) is 5.26 Å². The molecule has 1 heterocycles. The van der Waals surface area contributed by atoms with E-state index < -0.39 is 4.92 Å². The molecule has 0 radical (unpaired) electrons. The van der Waals surface area contributed by atoms with E-state index in [2.05, 4.69) is 21.3 Å². The van der Waals surface area contributed by atoms with Gasteiger partial charge in [-0.3, -0.25) is 10.1 Å². The quantitative estimate of drug-likeness (QED) is 0.262. The van der Waals surface area contributed by atoms with Crippen molar-refractivity contribution < 1.29 is 4.92 Å². The van der Waals surface area contributed by atoms with E-state index in [4.69, 9.17) is 0 Å². The molecule has 0 saturated carbocycles. The summed E-state index contributed by atoms with van der Waals surface area (Å²) in [6.07, 6.45) is 1.66. The van der Waals surface area contributed by atoms with Crippen molar-refractivity contribution in [3.63, 3.8) is 0 Å². The number of hydrogen-bond acceptors (Lipinski definition) is 6. The van der Waals surface area contributed by atoms with Crippen molar-refractivity contribution >= 4 is 34.5 Å². The lowest BCUT2D eigenvalue weighted by atomic mass is 10.1. The average Bonchev–Trinajstić information content (AvgIpc) is 3.18. The summed E-state index contributed by atoms with van der Waals surface area (Å²) in [7, 11) is 3.94. The summed E-state index contributed by atoms with van der Waals surface area (Å²) < 4.78 is 0. The number of aromatic nitrogens is 1. The molecule has 1 aromatic heterocycles. The van der Waals surface area contributed by atoms with E-state index in [1.165, 1.54) is 12.1 Å². The van der Waals surface area contributed by atoms with Crippen molar-refractivity contribution in [2.75, 3.05) is 19.0 Å². The Labute approximate surface area is 167 Å². The number of anilines is 1. The van der Waals surface area contributed by atoms with Crippen LogP contribution in [0.5, 0.6) is 0 Å². The van der Waals surface area contributed by atoms with Crippen LogP contribution in [0.4, 0.5) is 22.9 Å². The van der Waals surface area contributed by atoms with Gasteiger partial charge in [0, 0.05) is 37.6 Å². The summed E-state index contributed by atoms with van der Waals surface area (Å²) in [6.45, 7) is 0. The highest BCUT2D eigenvalue weighted by molar-refractivity contribution is 5.89. The van der Waals surface area contributed by atoms with Gasteiger partial charge in [0.05, 0.1) is 22.3 Å². The Kier molecular flexibility index (Phi) is 5.80. The van der Waals surface area contributed by atoms with E-state index in [0.717, 1.165) is 11.4 Å². The van der Waals surface area contributed by atoms with Gasteiger partial charge in [0.2, 0.25) is 0 Å². The fourth-order valence-electron chi connectivity index (χ4n) is 2.57. The fourth-order valence-corrected chi connectivity index (χ4v) is 2.57. The van der Waals surface area contributed by atoms with Crippen LogP contribution in [0.15, 0.2) is 70.9 Å². The predicted octanol–water partition coefficient (Wildman–Crippen LogP) is 5.47. The summed E-state index contributed by atoms with van der Waals surface area (Å²) >= 11 is 0. The number of hydrogen-bond donors (Lipinski definition) is 1. The third kappa shape index (κ3) is 4.93. The van der Waals surface area contributed by atoms with E-state index >= 15 is 0 Å². The van der Waals surface area contributed by atoms with Crippen molar-refractivity contribution in [2.24, 2.45) is 10.2 Å². The molecule has 0 fully saturated rings. The molecule has 0 amide bonds. The second-order valence-electron chi connectivity index (χ2n) is 6.38. The molecule has 0 bridgehead atoms. The molecule has 0 saturated heterocycles. The van der Waals surface area contributed by atoms with Gasteiger partial charge in [0.15, 0.2) is 5.82 Å². The van der Waals surface area contributed by atoms with Crippen LogP contribution in [-0.2, 0) is 0 Å². The Morgan fingerprint density at radius 1 is 1.07 bits per heavy atom. The van der Waals surface area contributed by atoms with Gasteiger partial charge in [-0.15, -0.1) is 10.2 Å². The van der Waals surface area contributed by atoms with Gasteiger partial charge in [-0.05, 0) is 60.2 Å². The number of nitro groups is 1. The van der Waals surface area contributed by atoms with Gasteiger partial charge in [-0.2, -0.15) is 5.26 Å². The van der Waals surface area contributed by atoms with Gasteiger partial charge in [0.1, 0.15) is 0 Å². The maximum Gasteiger partial charge on any atom is 0.269 e. The minimum atomic E-state index is -0.476. The molecule has 1 N–H and O–H groups in total. The summed E-state index contributed by atoms with van der Waals surface area (Å²) in [5.74, 6) is 0.550. The second-order valence-corrected chi connectivity index (χ2v) is 6.38. The third-order valence-electron chi connectivity index (χ3n) is 4.14. The minimum Gasteiger partial charge on any atom is -0.378 e. The van der Waals surface area contributed by atoms with E-state index in [0.29, 0.717) is 22.6 Å². The van der Waals surface area contributed by atoms with Crippen LogP contribution < -0.4 is 4.90 Å². The van der Waals surface area contributed by atoms with E-state index in [-0.39, 0.29) is 5.69 Å². The van der Waals surface area contributed by atoms with Gasteiger partial charge in [-0.1, -0.05) is 0 Å². The van der Waals surface area contributed by atoms with Crippen molar-refractivity contribution in [2.45, 2.75) is 0 Å². The van der Waals surface area contributed by atoms with Crippen LogP contribution in [0.25, 0.3) is 11.6 Å². The van der Waals surface area contributed by atoms with Gasteiger partial charge in [-0.25, -0.2) is 0 Å². The number of non-ortho nitro benzene ring substituents is 1. The number of nitriles is 1. The zero-order valence-electron chi connectivity index (χ0n) is 15.9. The highest BCUT2D eigenvalue weighted by Crippen LogP contribution is 2.24. The first-order chi connectivity index (χ1) is 14.0. The molecule has 3 aromatic rings. The fraction of sp³-hybridized carbons (Fsp3) is 0.0952. The predicted molar refractivity (Wildman–Crippen MR) is 112 cm³/mol. The number of rotatable bonds is 6. The molecule has 0 aliphatic rings.